The van der Waals surface area contributed by atoms with Crippen LogP contribution in [0.5, 0.6) is 0 Å². The maximum atomic E-state index is 12.9. The van der Waals surface area contributed by atoms with Gasteiger partial charge in [0.25, 0.3) is 5.71 Å². The predicted octanol–water partition coefficient (Wildman–Crippen LogP) is 1.95. The number of ether oxygens (including phenoxy) is 1. The van der Waals surface area contributed by atoms with Gasteiger partial charge in [-0.25, -0.2) is 18.1 Å². The van der Waals surface area contributed by atoms with Gasteiger partial charge in [0, 0.05) is 24.9 Å². The van der Waals surface area contributed by atoms with E-state index in [-0.39, 0.29) is 17.0 Å². The molecule has 1 fully saturated rings. The van der Waals surface area contributed by atoms with Crippen LogP contribution in [0.1, 0.15) is 37.1 Å². The Kier molecular flexibility index (Phi) is 4.70. The van der Waals surface area contributed by atoms with Crippen LogP contribution in [0.3, 0.4) is 0 Å². The molecule has 0 radical (unpaired) electrons. The van der Waals surface area contributed by atoms with Crippen molar-refractivity contribution in [2.24, 2.45) is 0 Å². The molecule has 4 rings (SSSR count). The first kappa shape index (κ1) is 18.1. The fourth-order valence-corrected chi connectivity index (χ4v) is 4.51. The molecular weight excluding hydrogens is 370 g/mol. The van der Waals surface area contributed by atoms with E-state index in [0.29, 0.717) is 29.8 Å². The molecule has 144 valence electrons. The Morgan fingerprint density at radius 3 is 3.00 bits per heavy atom. The molecule has 1 N–H and O–H groups in total. The monoisotopic (exact) mass is 391 g/mol. The van der Waals surface area contributed by atoms with Gasteiger partial charge >= 0.3 is 0 Å². The minimum Gasteiger partial charge on any atom is -0.372 e. The summed E-state index contributed by atoms with van der Waals surface area (Å²) in [4.78, 5) is 4.14. The molecule has 9 nitrogen and oxygen atoms in total. The maximum absolute atomic E-state index is 12.9. The number of hydrogen-bond donors (Lipinski definition) is 1. The van der Waals surface area contributed by atoms with E-state index in [0.717, 1.165) is 18.5 Å². The van der Waals surface area contributed by atoms with Crippen LogP contribution in [0.2, 0.25) is 0 Å². The van der Waals surface area contributed by atoms with E-state index in [9.17, 15) is 8.42 Å². The van der Waals surface area contributed by atoms with Crippen LogP contribution in [0.15, 0.2) is 34.1 Å². The first-order valence-electron chi connectivity index (χ1n) is 8.86. The van der Waals surface area contributed by atoms with Crippen molar-refractivity contribution in [2.45, 2.75) is 50.3 Å². The fourth-order valence-electron chi connectivity index (χ4n) is 3.27. The van der Waals surface area contributed by atoms with E-state index < -0.39 is 10.0 Å². The van der Waals surface area contributed by atoms with Gasteiger partial charge in [0.15, 0.2) is 0 Å². The third-order valence-electron chi connectivity index (χ3n) is 4.73. The third-order valence-corrected chi connectivity index (χ3v) is 6.19. The number of hydrogen-bond acceptors (Lipinski definition) is 7. The zero-order chi connectivity index (χ0) is 19.0. The van der Waals surface area contributed by atoms with Crippen molar-refractivity contribution in [1.82, 2.24) is 24.6 Å². The van der Waals surface area contributed by atoms with Crippen molar-refractivity contribution in [3.05, 3.63) is 35.9 Å². The lowest BCUT2D eigenvalue weighted by atomic mass is 9.99. The van der Waals surface area contributed by atoms with E-state index in [1.165, 1.54) is 12.3 Å². The summed E-state index contributed by atoms with van der Waals surface area (Å²) in [5, 5.41) is 8.67. The first-order chi connectivity index (χ1) is 13.0. The molecule has 10 heteroatoms. The minimum atomic E-state index is -3.77. The standard InChI is InChI=1S/C17H21N5O4S/c1-3-22-10-12(8-19-22)16-15(5-4-6-25-16)21-27(23,24)13-7-14-11(2)20-26-17(14)18-9-13/h7-10,15-16,21H,3-6H2,1-2H3/t15-,16+/m0/s1. The van der Waals surface area contributed by atoms with Crippen LogP contribution < -0.4 is 4.72 Å². The Hall–Kier alpha value is -2.30. The molecule has 27 heavy (non-hydrogen) atoms. The normalized spacial score (nSPS) is 21.0. The summed E-state index contributed by atoms with van der Waals surface area (Å²) in [7, 11) is -3.77. The van der Waals surface area contributed by atoms with Gasteiger partial charge < -0.3 is 9.26 Å². The molecule has 0 saturated carbocycles. The van der Waals surface area contributed by atoms with Gasteiger partial charge in [-0.2, -0.15) is 5.10 Å². The second kappa shape index (κ2) is 7.02. The van der Waals surface area contributed by atoms with Crippen LogP contribution in [-0.2, 0) is 21.3 Å². The molecular formula is C17H21N5O4S. The lowest BCUT2D eigenvalue weighted by molar-refractivity contribution is -0.00447. The van der Waals surface area contributed by atoms with Gasteiger partial charge in [-0.05, 0) is 32.8 Å². The van der Waals surface area contributed by atoms with Gasteiger partial charge in [-0.3, -0.25) is 4.68 Å². The summed E-state index contributed by atoms with van der Waals surface area (Å²) in [6.07, 6.45) is 6.00. The van der Waals surface area contributed by atoms with E-state index in [1.807, 2.05) is 13.1 Å². The SMILES string of the molecule is CCn1cc([C@H]2OCCC[C@@H]2NS(=O)(=O)c2cnc3onc(C)c3c2)cn1. The summed E-state index contributed by atoms with van der Waals surface area (Å²) in [5.41, 5.74) is 1.78. The molecule has 0 aliphatic carbocycles. The summed E-state index contributed by atoms with van der Waals surface area (Å²) < 4.78 is 41.4. The molecule has 0 aromatic carbocycles. The molecule has 4 heterocycles. The Balaban J connectivity index is 1.61. The largest absolute Gasteiger partial charge is 0.372 e. The molecule has 1 aliphatic heterocycles. The van der Waals surface area contributed by atoms with Gasteiger partial charge in [0.2, 0.25) is 10.0 Å². The zero-order valence-electron chi connectivity index (χ0n) is 15.1. The van der Waals surface area contributed by atoms with Crippen LogP contribution in [0.25, 0.3) is 11.1 Å². The second-order valence-electron chi connectivity index (χ2n) is 6.58. The van der Waals surface area contributed by atoms with Crippen LogP contribution >= 0.6 is 0 Å². The maximum Gasteiger partial charge on any atom is 0.257 e. The van der Waals surface area contributed by atoms with Crippen molar-refractivity contribution in [3.8, 4) is 0 Å². The highest BCUT2D eigenvalue weighted by molar-refractivity contribution is 7.89. The van der Waals surface area contributed by atoms with Gasteiger partial charge in [0.05, 0.1) is 29.5 Å². The van der Waals surface area contributed by atoms with Crippen LogP contribution in [-0.4, -0.2) is 41.0 Å². The Morgan fingerprint density at radius 2 is 2.22 bits per heavy atom. The number of sulfonamides is 1. The molecule has 3 aromatic rings. The quantitative estimate of drug-likeness (QED) is 0.707. The van der Waals surface area contributed by atoms with E-state index in [1.54, 1.807) is 17.8 Å². The molecule has 0 unspecified atom stereocenters. The highest BCUT2D eigenvalue weighted by atomic mass is 32.2. The highest BCUT2D eigenvalue weighted by Crippen LogP contribution is 2.30. The van der Waals surface area contributed by atoms with Crippen molar-refractivity contribution >= 4 is 21.1 Å². The Morgan fingerprint density at radius 1 is 1.37 bits per heavy atom. The molecule has 0 spiro atoms. The number of nitrogens with zero attached hydrogens (tertiary/aromatic N) is 4. The smallest absolute Gasteiger partial charge is 0.257 e. The van der Waals surface area contributed by atoms with Crippen LogP contribution in [0, 0.1) is 6.92 Å². The number of rotatable bonds is 5. The number of pyridine rings is 1. The summed E-state index contributed by atoms with van der Waals surface area (Å²) in [6, 6.07) is 1.15. The summed E-state index contributed by atoms with van der Waals surface area (Å²) in [6.45, 7) is 5.07. The zero-order valence-corrected chi connectivity index (χ0v) is 15.9. The van der Waals surface area contributed by atoms with Gasteiger partial charge in [-0.15, -0.1) is 0 Å². The van der Waals surface area contributed by atoms with E-state index >= 15 is 0 Å². The predicted molar refractivity (Wildman–Crippen MR) is 96.5 cm³/mol. The Labute approximate surface area is 156 Å². The molecule has 1 aliphatic rings. The second-order valence-corrected chi connectivity index (χ2v) is 8.30. The third kappa shape index (κ3) is 3.47. The summed E-state index contributed by atoms with van der Waals surface area (Å²) in [5.74, 6) is 0. The van der Waals surface area contributed by atoms with E-state index in [4.69, 9.17) is 9.26 Å². The fraction of sp³-hybridized carbons (Fsp3) is 0.471. The average molecular weight is 391 g/mol. The number of aromatic nitrogens is 4. The number of fused-ring (bicyclic) bond motifs is 1. The molecule has 0 bridgehead atoms. The number of aryl methyl sites for hydroxylation is 2. The topological polar surface area (TPSA) is 112 Å². The lowest BCUT2D eigenvalue weighted by Gasteiger charge is -2.31. The minimum absolute atomic E-state index is 0.0786. The number of nitrogens with one attached hydrogen (secondary N) is 1. The van der Waals surface area contributed by atoms with Gasteiger partial charge in [-0.1, -0.05) is 5.16 Å². The highest BCUT2D eigenvalue weighted by Gasteiger charge is 2.32. The van der Waals surface area contributed by atoms with Gasteiger partial charge in [0.1, 0.15) is 11.0 Å². The molecule has 2 atom stereocenters. The molecule has 1 saturated heterocycles. The first-order valence-corrected chi connectivity index (χ1v) is 10.3. The van der Waals surface area contributed by atoms with Crippen molar-refractivity contribution in [2.75, 3.05) is 6.61 Å². The average Bonchev–Trinajstić information content (AvgIpc) is 3.29. The van der Waals surface area contributed by atoms with Crippen molar-refractivity contribution < 1.29 is 17.7 Å². The molecule has 3 aromatic heterocycles. The molecule has 0 amide bonds. The summed E-state index contributed by atoms with van der Waals surface area (Å²) >= 11 is 0. The van der Waals surface area contributed by atoms with Crippen molar-refractivity contribution in [1.29, 1.82) is 0 Å². The van der Waals surface area contributed by atoms with E-state index in [2.05, 4.69) is 20.0 Å². The Bertz CT molecular complexity index is 1060. The lowest BCUT2D eigenvalue weighted by Crippen LogP contribution is -2.42. The van der Waals surface area contributed by atoms with Crippen molar-refractivity contribution in [3.63, 3.8) is 0 Å². The van der Waals surface area contributed by atoms with Crippen LogP contribution in [0.4, 0.5) is 0 Å².